The first-order valence-corrected chi connectivity index (χ1v) is 7.15. The van der Waals surface area contributed by atoms with Crippen molar-refractivity contribution in [3.8, 4) is 0 Å². The third kappa shape index (κ3) is 2.69. The molecule has 0 saturated carbocycles. The highest BCUT2D eigenvalue weighted by molar-refractivity contribution is 8.00. The standard InChI is InChI=1S/C12H24N2S/c1-11(2,3)14-8-4-6-12(10-14)13-7-5-9-15-12/h13H,4-10H2,1-3H3. The third-order valence-corrected chi connectivity index (χ3v) is 5.07. The summed E-state index contributed by atoms with van der Waals surface area (Å²) in [4.78, 5) is 3.02. The van der Waals surface area contributed by atoms with E-state index < -0.39 is 0 Å². The molecule has 0 aromatic rings. The Labute approximate surface area is 98.2 Å². The number of likely N-dealkylation sites (tertiary alicyclic amines) is 1. The molecule has 1 N–H and O–H groups in total. The van der Waals surface area contributed by atoms with Crippen molar-refractivity contribution in [2.24, 2.45) is 0 Å². The molecule has 2 fully saturated rings. The van der Waals surface area contributed by atoms with Gasteiger partial charge in [-0.1, -0.05) is 0 Å². The van der Waals surface area contributed by atoms with Crippen molar-refractivity contribution in [1.29, 1.82) is 0 Å². The van der Waals surface area contributed by atoms with Crippen LogP contribution in [0.2, 0.25) is 0 Å². The van der Waals surface area contributed by atoms with Crippen molar-refractivity contribution in [2.75, 3.05) is 25.4 Å². The van der Waals surface area contributed by atoms with E-state index >= 15 is 0 Å². The average Bonchev–Trinajstić information content (AvgIpc) is 2.18. The fourth-order valence-corrected chi connectivity index (χ4v) is 3.98. The Morgan fingerprint density at radius 1 is 1.27 bits per heavy atom. The molecule has 0 aromatic carbocycles. The first-order valence-electron chi connectivity index (χ1n) is 6.16. The van der Waals surface area contributed by atoms with Crippen molar-refractivity contribution in [2.45, 2.75) is 50.4 Å². The Morgan fingerprint density at radius 3 is 2.67 bits per heavy atom. The summed E-state index contributed by atoms with van der Waals surface area (Å²) in [6.45, 7) is 10.7. The van der Waals surface area contributed by atoms with Gasteiger partial charge in [-0.15, -0.1) is 11.8 Å². The van der Waals surface area contributed by atoms with Crippen LogP contribution in [0.15, 0.2) is 0 Å². The summed E-state index contributed by atoms with van der Waals surface area (Å²) in [5.41, 5.74) is 0.326. The quantitative estimate of drug-likeness (QED) is 0.685. The van der Waals surface area contributed by atoms with Crippen molar-refractivity contribution in [3.05, 3.63) is 0 Å². The van der Waals surface area contributed by atoms with Crippen LogP contribution < -0.4 is 5.32 Å². The summed E-state index contributed by atoms with van der Waals surface area (Å²) in [6.07, 6.45) is 4.03. The van der Waals surface area contributed by atoms with Crippen molar-refractivity contribution >= 4 is 11.8 Å². The number of hydrogen-bond acceptors (Lipinski definition) is 3. The van der Waals surface area contributed by atoms with E-state index in [-0.39, 0.29) is 0 Å². The van der Waals surface area contributed by atoms with Gasteiger partial charge in [0.15, 0.2) is 0 Å². The normalized spacial score (nSPS) is 34.6. The molecule has 0 amide bonds. The largest absolute Gasteiger partial charge is 0.302 e. The van der Waals surface area contributed by atoms with E-state index in [9.17, 15) is 0 Å². The molecule has 2 nitrogen and oxygen atoms in total. The number of rotatable bonds is 0. The molecular formula is C12H24N2S. The predicted octanol–water partition coefficient (Wildman–Crippen LogP) is 2.30. The molecule has 2 saturated heterocycles. The molecular weight excluding hydrogens is 204 g/mol. The molecule has 88 valence electrons. The highest BCUT2D eigenvalue weighted by atomic mass is 32.2. The van der Waals surface area contributed by atoms with Gasteiger partial charge in [-0.2, -0.15) is 0 Å². The summed E-state index contributed by atoms with van der Waals surface area (Å²) in [5.74, 6) is 1.34. The van der Waals surface area contributed by atoms with Gasteiger partial charge in [0, 0.05) is 12.1 Å². The number of nitrogens with one attached hydrogen (secondary N) is 1. The molecule has 2 aliphatic rings. The van der Waals surface area contributed by atoms with Crippen molar-refractivity contribution in [3.63, 3.8) is 0 Å². The van der Waals surface area contributed by atoms with E-state index in [0.717, 1.165) is 0 Å². The summed E-state index contributed by atoms with van der Waals surface area (Å²) < 4.78 is 0. The van der Waals surface area contributed by atoms with Crippen LogP contribution in [0.5, 0.6) is 0 Å². The Bertz CT molecular complexity index is 211. The smallest absolute Gasteiger partial charge is 0.0774 e. The summed E-state index contributed by atoms with van der Waals surface area (Å²) in [7, 11) is 0. The first kappa shape index (κ1) is 11.7. The zero-order valence-electron chi connectivity index (χ0n) is 10.3. The Balaban J connectivity index is 2.02. The average molecular weight is 228 g/mol. The van der Waals surface area contributed by atoms with Gasteiger partial charge >= 0.3 is 0 Å². The van der Waals surface area contributed by atoms with Crippen molar-refractivity contribution < 1.29 is 0 Å². The van der Waals surface area contributed by atoms with Crippen LogP contribution in [-0.4, -0.2) is 40.7 Å². The maximum atomic E-state index is 3.76. The third-order valence-electron chi connectivity index (χ3n) is 3.55. The molecule has 1 spiro atoms. The molecule has 2 heterocycles. The second-order valence-corrected chi connectivity index (χ2v) is 7.30. The predicted molar refractivity (Wildman–Crippen MR) is 68.4 cm³/mol. The zero-order valence-corrected chi connectivity index (χ0v) is 11.1. The summed E-state index contributed by atoms with van der Waals surface area (Å²) in [5, 5.41) is 3.76. The second kappa shape index (κ2) is 4.27. The van der Waals surface area contributed by atoms with E-state index in [4.69, 9.17) is 0 Å². The number of thioether (sulfide) groups is 1. The van der Waals surface area contributed by atoms with E-state index in [0.29, 0.717) is 10.4 Å². The number of nitrogens with zero attached hydrogens (tertiary/aromatic N) is 1. The van der Waals surface area contributed by atoms with Crippen LogP contribution in [0.25, 0.3) is 0 Å². The lowest BCUT2D eigenvalue weighted by Gasteiger charge is -2.49. The molecule has 0 bridgehead atoms. The molecule has 2 aliphatic heterocycles. The lowest BCUT2D eigenvalue weighted by Crippen LogP contribution is -2.60. The first-order chi connectivity index (χ1) is 7.02. The monoisotopic (exact) mass is 228 g/mol. The van der Waals surface area contributed by atoms with Gasteiger partial charge in [-0.25, -0.2) is 0 Å². The van der Waals surface area contributed by atoms with E-state index in [1.165, 1.54) is 44.6 Å². The number of hydrogen-bond donors (Lipinski definition) is 1. The molecule has 3 heteroatoms. The Kier molecular flexibility index (Phi) is 3.34. The van der Waals surface area contributed by atoms with E-state index in [1.807, 2.05) is 0 Å². The van der Waals surface area contributed by atoms with Gasteiger partial charge in [0.1, 0.15) is 0 Å². The number of piperidine rings is 1. The van der Waals surface area contributed by atoms with Gasteiger partial charge in [-0.05, 0) is 58.9 Å². The maximum Gasteiger partial charge on any atom is 0.0774 e. The van der Waals surface area contributed by atoms with Gasteiger partial charge in [0.2, 0.25) is 0 Å². The molecule has 1 unspecified atom stereocenters. The summed E-state index contributed by atoms with van der Waals surface area (Å²) >= 11 is 2.15. The minimum Gasteiger partial charge on any atom is -0.302 e. The zero-order chi connectivity index (χ0) is 10.9. The minimum atomic E-state index is 0.326. The molecule has 0 aromatic heterocycles. The lowest BCUT2D eigenvalue weighted by molar-refractivity contribution is 0.0800. The highest BCUT2D eigenvalue weighted by Crippen LogP contribution is 2.37. The fraction of sp³-hybridized carbons (Fsp3) is 1.00. The van der Waals surface area contributed by atoms with Crippen LogP contribution in [0.3, 0.4) is 0 Å². The molecule has 1 atom stereocenters. The highest BCUT2D eigenvalue weighted by Gasteiger charge is 2.39. The van der Waals surface area contributed by atoms with Gasteiger partial charge in [0.05, 0.1) is 4.87 Å². The molecule has 0 radical (unpaired) electrons. The van der Waals surface area contributed by atoms with E-state index in [1.54, 1.807) is 0 Å². The summed E-state index contributed by atoms with van der Waals surface area (Å²) in [6, 6.07) is 0. The second-order valence-electron chi connectivity index (χ2n) is 5.82. The van der Waals surface area contributed by atoms with Gasteiger partial charge in [-0.3, -0.25) is 4.90 Å². The maximum absolute atomic E-state index is 3.76. The minimum absolute atomic E-state index is 0.326. The molecule has 0 aliphatic carbocycles. The Morgan fingerprint density at radius 2 is 2.07 bits per heavy atom. The SMILES string of the molecule is CC(C)(C)N1CCCC2(C1)NCCCS2. The Hall–Kier alpha value is 0.270. The van der Waals surface area contributed by atoms with Crippen LogP contribution >= 0.6 is 11.8 Å². The van der Waals surface area contributed by atoms with Crippen LogP contribution in [-0.2, 0) is 0 Å². The molecule has 2 rings (SSSR count). The van der Waals surface area contributed by atoms with E-state index in [2.05, 4.69) is 42.7 Å². The van der Waals surface area contributed by atoms with Crippen LogP contribution in [0.1, 0.15) is 40.0 Å². The van der Waals surface area contributed by atoms with Crippen LogP contribution in [0, 0.1) is 0 Å². The van der Waals surface area contributed by atoms with Crippen LogP contribution in [0.4, 0.5) is 0 Å². The molecule has 15 heavy (non-hydrogen) atoms. The fourth-order valence-electron chi connectivity index (χ4n) is 2.56. The van der Waals surface area contributed by atoms with Gasteiger partial charge < -0.3 is 5.32 Å². The topological polar surface area (TPSA) is 15.3 Å². The van der Waals surface area contributed by atoms with Crippen molar-refractivity contribution in [1.82, 2.24) is 10.2 Å². The van der Waals surface area contributed by atoms with Gasteiger partial charge in [0.25, 0.3) is 0 Å². The lowest BCUT2D eigenvalue weighted by atomic mass is 9.97.